The minimum Gasteiger partial charge on any atom is -0.504 e. The van der Waals surface area contributed by atoms with Crippen LogP contribution in [-0.4, -0.2) is 55.8 Å². The van der Waals surface area contributed by atoms with Gasteiger partial charge in [-0.25, -0.2) is 14.4 Å². The van der Waals surface area contributed by atoms with Crippen molar-refractivity contribution in [2.45, 2.75) is 50.5 Å². The van der Waals surface area contributed by atoms with Crippen LogP contribution in [0.3, 0.4) is 0 Å². The number of alkyl halides is 1. The van der Waals surface area contributed by atoms with Gasteiger partial charge in [0.2, 0.25) is 0 Å². The van der Waals surface area contributed by atoms with Gasteiger partial charge in [0.05, 0.1) is 24.1 Å². The second-order valence-electron chi connectivity index (χ2n) is 7.84. The molecule has 2 aliphatic rings. The van der Waals surface area contributed by atoms with E-state index in [0.717, 1.165) is 25.0 Å². The Kier molecular flexibility index (Phi) is 3.97. The topological polar surface area (TPSA) is 78.6 Å². The van der Waals surface area contributed by atoms with E-state index in [0.29, 0.717) is 28.8 Å². The number of imidazole rings is 1. The van der Waals surface area contributed by atoms with Gasteiger partial charge in [0, 0.05) is 42.8 Å². The Morgan fingerprint density at radius 1 is 1.21 bits per heavy atom. The van der Waals surface area contributed by atoms with Crippen LogP contribution in [0.5, 0.6) is 5.75 Å². The first-order chi connectivity index (χ1) is 13.5. The SMILES string of the molecule is Cc1cnc2c(O)c(-c3cnc(N(C)[C@@H]4CC5CC[C@H](N5)[C@@H]4F)cn3)ccn12. The van der Waals surface area contributed by atoms with E-state index >= 15 is 0 Å². The lowest BCUT2D eigenvalue weighted by Crippen LogP contribution is -2.55. The summed E-state index contributed by atoms with van der Waals surface area (Å²) in [7, 11) is 1.88. The number of nitrogens with zero attached hydrogens (tertiary/aromatic N) is 5. The molecule has 0 saturated carbocycles. The summed E-state index contributed by atoms with van der Waals surface area (Å²) in [6.07, 6.45) is 8.62. The molecule has 0 radical (unpaired) electrons. The van der Waals surface area contributed by atoms with Crippen molar-refractivity contribution in [3.63, 3.8) is 0 Å². The van der Waals surface area contributed by atoms with Gasteiger partial charge in [-0.1, -0.05) is 0 Å². The second-order valence-corrected chi connectivity index (χ2v) is 7.84. The van der Waals surface area contributed by atoms with Crippen LogP contribution in [0.1, 0.15) is 25.0 Å². The van der Waals surface area contributed by atoms with Crippen LogP contribution < -0.4 is 10.2 Å². The van der Waals surface area contributed by atoms with E-state index in [2.05, 4.69) is 20.3 Å². The van der Waals surface area contributed by atoms with Gasteiger partial charge in [-0.3, -0.25) is 4.98 Å². The number of aromatic hydroxyl groups is 1. The largest absolute Gasteiger partial charge is 0.504 e. The number of piperidine rings is 1. The van der Waals surface area contributed by atoms with Gasteiger partial charge < -0.3 is 19.7 Å². The number of aromatic nitrogens is 4. The fraction of sp³-hybridized carbons (Fsp3) is 0.450. The Morgan fingerprint density at radius 3 is 2.86 bits per heavy atom. The average Bonchev–Trinajstić information content (AvgIpc) is 3.29. The first-order valence-corrected chi connectivity index (χ1v) is 9.64. The van der Waals surface area contributed by atoms with Crippen molar-refractivity contribution in [2.75, 3.05) is 11.9 Å². The zero-order chi connectivity index (χ0) is 19.4. The van der Waals surface area contributed by atoms with E-state index in [-0.39, 0.29) is 17.8 Å². The minimum atomic E-state index is -0.916. The van der Waals surface area contributed by atoms with E-state index in [1.54, 1.807) is 24.7 Å². The molecule has 2 bridgehead atoms. The standard InChI is InChI=1S/C20H23FN6O/c1-11-8-24-20-19(28)13(5-6-27(11)20)15-9-23-17(10-22-15)26(2)16-7-12-3-4-14(25-12)18(16)21/h5-6,8-10,12,14,16,18,25,28H,3-4,7H2,1-2H3/t12?,14-,16+,18-/m0/s1. The molecule has 5 rings (SSSR count). The average molecular weight is 382 g/mol. The third-order valence-electron chi connectivity index (χ3n) is 6.17. The van der Waals surface area contributed by atoms with Crippen LogP contribution in [0.2, 0.25) is 0 Å². The molecule has 2 fully saturated rings. The quantitative estimate of drug-likeness (QED) is 0.725. The molecule has 3 aromatic rings. The molecule has 1 unspecified atom stereocenters. The Hall–Kier alpha value is -2.74. The maximum absolute atomic E-state index is 14.8. The normalized spacial score (nSPS) is 26.7. The monoisotopic (exact) mass is 382 g/mol. The van der Waals surface area contributed by atoms with Gasteiger partial charge in [0.15, 0.2) is 11.4 Å². The molecular formula is C20H23FN6O. The molecule has 7 nitrogen and oxygen atoms in total. The van der Waals surface area contributed by atoms with Crippen molar-refractivity contribution in [1.82, 2.24) is 24.7 Å². The molecule has 5 heterocycles. The maximum atomic E-state index is 14.8. The molecule has 2 aliphatic heterocycles. The van der Waals surface area contributed by atoms with Crippen molar-refractivity contribution in [3.05, 3.63) is 36.5 Å². The van der Waals surface area contributed by atoms with Gasteiger partial charge in [-0.05, 0) is 32.3 Å². The lowest BCUT2D eigenvalue weighted by Gasteiger charge is -2.38. The summed E-state index contributed by atoms with van der Waals surface area (Å²) in [6, 6.07) is 1.93. The van der Waals surface area contributed by atoms with Crippen molar-refractivity contribution in [3.8, 4) is 17.0 Å². The summed E-state index contributed by atoms with van der Waals surface area (Å²) < 4.78 is 16.6. The summed E-state index contributed by atoms with van der Waals surface area (Å²) in [6.45, 7) is 1.93. The number of halogens is 1. The van der Waals surface area contributed by atoms with Crippen LogP contribution in [0.15, 0.2) is 30.9 Å². The first kappa shape index (κ1) is 17.4. The molecule has 0 amide bonds. The molecule has 0 aromatic carbocycles. The fourth-order valence-corrected chi connectivity index (χ4v) is 4.53. The number of anilines is 1. The molecule has 146 valence electrons. The number of nitrogens with one attached hydrogen (secondary N) is 1. The van der Waals surface area contributed by atoms with Crippen molar-refractivity contribution in [2.24, 2.45) is 0 Å². The smallest absolute Gasteiger partial charge is 0.180 e. The second kappa shape index (κ2) is 6.41. The Labute approximate surface area is 162 Å². The van der Waals surface area contributed by atoms with Gasteiger partial charge in [0.25, 0.3) is 0 Å². The molecule has 3 aromatic heterocycles. The van der Waals surface area contributed by atoms with E-state index in [9.17, 15) is 9.50 Å². The molecule has 0 aliphatic carbocycles. The highest BCUT2D eigenvalue weighted by Crippen LogP contribution is 2.34. The van der Waals surface area contributed by atoms with Crippen molar-refractivity contribution < 1.29 is 9.50 Å². The summed E-state index contributed by atoms with van der Waals surface area (Å²) in [5.41, 5.74) is 2.56. The minimum absolute atomic E-state index is 0.0555. The van der Waals surface area contributed by atoms with Crippen LogP contribution in [0, 0.1) is 6.92 Å². The van der Waals surface area contributed by atoms with Gasteiger partial charge in [-0.15, -0.1) is 0 Å². The van der Waals surface area contributed by atoms with E-state index in [1.807, 2.05) is 29.5 Å². The molecule has 4 atom stereocenters. The lowest BCUT2D eigenvalue weighted by atomic mass is 9.96. The number of fused-ring (bicyclic) bond motifs is 3. The number of hydrogen-bond acceptors (Lipinski definition) is 6. The van der Waals surface area contributed by atoms with Gasteiger partial charge in [0.1, 0.15) is 12.0 Å². The molecule has 2 N–H and O–H groups in total. The molecule has 0 spiro atoms. The third kappa shape index (κ3) is 2.63. The molecule has 28 heavy (non-hydrogen) atoms. The summed E-state index contributed by atoms with van der Waals surface area (Å²) in [4.78, 5) is 15.1. The van der Waals surface area contributed by atoms with Gasteiger partial charge >= 0.3 is 0 Å². The zero-order valence-corrected chi connectivity index (χ0v) is 15.9. The molecule has 8 heteroatoms. The Balaban J connectivity index is 1.42. The highest BCUT2D eigenvalue weighted by molar-refractivity contribution is 5.75. The first-order valence-electron chi connectivity index (χ1n) is 9.64. The fourth-order valence-electron chi connectivity index (χ4n) is 4.53. The highest BCUT2D eigenvalue weighted by Gasteiger charge is 2.43. The van der Waals surface area contributed by atoms with E-state index < -0.39 is 6.17 Å². The summed E-state index contributed by atoms with van der Waals surface area (Å²) in [5.74, 6) is 0.708. The van der Waals surface area contributed by atoms with Gasteiger partial charge in [-0.2, -0.15) is 0 Å². The zero-order valence-electron chi connectivity index (χ0n) is 15.9. The molecular weight excluding hydrogens is 359 g/mol. The number of pyridine rings is 1. The predicted molar refractivity (Wildman–Crippen MR) is 104 cm³/mol. The highest BCUT2D eigenvalue weighted by atomic mass is 19.1. The number of aryl methyl sites for hydroxylation is 1. The third-order valence-corrected chi connectivity index (χ3v) is 6.17. The van der Waals surface area contributed by atoms with E-state index in [4.69, 9.17) is 0 Å². The lowest BCUT2D eigenvalue weighted by molar-refractivity contribution is 0.176. The molecule has 2 saturated heterocycles. The van der Waals surface area contributed by atoms with E-state index in [1.165, 1.54) is 0 Å². The number of rotatable bonds is 3. The van der Waals surface area contributed by atoms with Crippen LogP contribution in [0.25, 0.3) is 16.9 Å². The van der Waals surface area contributed by atoms with Crippen LogP contribution in [-0.2, 0) is 0 Å². The van der Waals surface area contributed by atoms with Crippen LogP contribution in [0.4, 0.5) is 10.2 Å². The summed E-state index contributed by atoms with van der Waals surface area (Å²) in [5, 5.41) is 13.9. The van der Waals surface area contributed by atoms with Crippen molar-refractivity contribution in [1.29, 1.82) is 0 Å². The Bertz CT molecular complexity index is 1020. The predicted octanol–water partition coefficient (Wildman–Crippen LogP) is 2.47. The summed E-state index contributed by atoms with van der Waals surface area (Å²) >= 11 is 0. The van der Waals surface area contributed by atoms with Crippen LogP contribution >= 0.6 is 0 Å². The Morgan fingerprint density at radius 2 is 2.07 bits per heavy atom. The van der Waals surface area contributed by atoms with Crippen molar-refractivity contribution >= 4 is 11.5 Å². The number of hydrogen-bond donors (Lipinski definition) is 2. The maximum Gasteiger partial charge on any atom is 0.180 e.